The lowest BCUT2D eigenvalue weighted by molar-refractivity contribution is -0.190. The summed E-state index contributed by atoms with van der Waals surface area (Å²) in [4.78, 5) is 23.6. The predicted octanol–water partition coefficient (Wildman–Crippen LogP) is 0.881. The van der Waals surface area contributed by atoms with Gasteiger partial charge in [-0.3, -0.25) is 9.59 Å². The number of halogens is 1. The predicted molar refractivity (Wildman–Crippen MR) is 87.4 cm³/mol. The van der Waals surface area contributed by atoms with E-state index in [1.807, 2.05) is 6.92 Å². The van der Waals surface area contributed by atoms with Crippen molar-refractivity contribution in [2.45, 2.75) is 63.2 Å². The molecule has 3 N–H and O–H groups in total. The van der Waals surface area contributed by atoms with Crippen LogP contribution in [-0.2, 0) is 14.3 Å². The van der Waals surface area contributed by atoms with Crippen molar-refractivity contribution in [3.8, 4) is 0 Å². The van der Waals surface area contributed by atoms with E-state index in [4.69, 9.17) is 16.3 Å². The maximum absolute atomic E-state index is 12.7. The summed E-state index contributed by atoms with van der Waals surface area (Å²) in [5.41, 5.74) is -1.68. The van der Waals surface area contributed by atoms with Crippen molar-refractivity contribution in [1.29, 1.82) is 0 Å². The van der Waals surface area contributed by atoms with Gasteiger partial charge in [-0.2, -0.15) is 0 Å². The Morgan fingerprint density at radius 3 is 2.50 bits per heavy atom. The number of fused-ring (bicyclic) bond motifs is 1. The average Bonchev–Trinajstić information content (AvgIpc) is 2.48. The molecule has 8 unspecified atom stereocenters. The second kappa shape index (κ2) is 7.28. The van der Waals surface area contributed by atoms with E-state index >= 15 is 0 Å². The Labute approximate surface area is 147 Å². The van der Waals surface area contributed by atoms with Gasteiger partial charge in [0.15, 0.2) is 0 Å². The van der Waals surface area contributed by atoms with Crippen LogP contribution in [0.25, 0.3) is 0 Å². The zero-order valence-corrected chi connectivity index (χ0v) is 15.1. The molecule has 0 heterocycles. The highest BCUT2D eigenvalue weighted by Gasteiger charge is 2.60. The van der Waals surface area contributed by atoms with E-state index in [1.165, 1.54) is 13.8 Å². The number of esters is 1. The van der Waals surface area contributed by atoms with Crippen molar-refractivity contribution in [2.24, 2.45) is 23.7 Å². The number of aliphatic hydroxyl groups is 3. The summed E-state index contributed by atoms with van der Waals surface area (Å²) in [5, 5.41) is 31.0. The molecule has 6 nitrogen and oxygen atoms in total. The molecule has 0 aliphatic heterocycles. The molecule has 2 fully saturated rings. The fourth-order valence-electron chi connectivity index (χ4n) is 4.43. The molecule has 2 saturated carbocycles. The van der Waals surface area contributed by atoms with Gasteiger partial charge in [-0.15, -0.1) is 11.6 Å². The third kappa shape index (κ3) is 3.47. The highest BCUT2D eigenvalue weighted by atomic mass is 35.5. The average molecular weight is 363 g/mol. The Hall–Kier alpha value is -0.690. The molecule has 0 amide bonds. The number of Topliss-reactive ketones (excluding diaryl/α,β-unsaturated/α-hetero) is 1. The maximum atomic E-state index is 12.7. The fourth-order valence-corrected chi connectivity index (χ4v) is 5.02. The minimum Gasteiger partial charge on any atom is -0.465 e. The van der Waals surface area contributed by atoms with E-state index in [9.17, 15) is 24.9 Å². The third-order valence-corrected chi connectivity index (χ3v) is 6.28. The number of ether oxygens (including phenoxy) is 1. The standard InChI is InChI=1S/C17H27ClO6/c1-8-4-5-10-12(15(8)21)14(18)16(22)17(3,23)13(10)11(20)6-7-24-9(2)19/h8,10,12-16,21-23H,4-7H2,1-3H3. The summed E-state index contributed by atoms with van der Waals surface area (Å²) < 4.78 is 4.81. The molecular weight excluding hydrogens is 336 g/mol. The van der Waals surface area contributed by atoms with Gasteiger partial charge in [0.25, 0.3) is 0 Å². The van der Waals surface area contributed by atoms with Gasteiger partial charge in [-0.05, 0) is 31.6 Å². The molecule has 24 heavy (non-hydrogen) atoms. The Bertz CT molecular complexity index is 493. The van der Waals surface area contributed by atoms with Gasteiger partial charge >= 0.3 is 5.97 Å². The van der Waals surface area contributed by atoms with Crippen LogP contribution < -0.4 is 0 Å². The highest BCUT2D eigenvalue weighted by Crippen LogP contribution is 2.51. The number of alkyl halides is 1. The smallest absolute Gasteiger partial charge is 0.302 e. The Morgan fingerprint density at radius 1 is 1.29 bits per heavy atom. The number of hydrogen-bond acceptors (Lipinski definition) is 6. The van der Waals surface area contributed by atoms with Gasteiger partial charge in [0.1, 0.15) is 5.78 Å². The first-order valence-electron chi connectivity index (χ1n) is 8.47. The molecule has 2 aliphatic rings. The topological polar surface area (TPSA) is 104 Å². The molecule has 8 atom stereocenters. The molecule has 0 aromatic heterocycles. The van der Waals surface area contributed by atoms with Gasteiger partial charge in [0.2, 0.25) is 0 Å². The number of aliphatic hydroxyl groups excluding tert-OH is 2. The second-order valence-electron chi connectivity index (χ2n) is 7.44. The Morgan fingerprint density at radius 2 is 1.92 bits per heavy atom. The van der Waals surface area contributed by atoms with Crippen LogP contribution in [-0.4, -0.2) is 56.9 Å². The first kappa shape index (κ1) is 19.6. The molecular formula is C17H27ClO6. The number of rotatable bonds is 4. The third-order valence-electron chi connectivity index (χ3n) is 5.75. The summed E-state index contributed by atoms with van der Waals surface area (Å²) in [6, 6.07) is 0. The minimum atomic E-state index is -1.68. The van der Waals surface area contributed by atoms with E-state index < -0.39 is 41.0 Å². The zero-order chi connectivity index (χ0) is 18.2. The molecule has 0 radical (unpaired) electrons. The SMILES string of the molecule is CC(=O)OCCC(=O)C1C2CCC(C)C(O)C2C(Cl)C(O)C1(C)O. The van der Waals surface area contributed by atoms with E-state index in [2.05, 4.69) is 0 Å². The lowest BCUT2D eigenvalue weighted by Crippen LogP contribution is -2.66. The normalized spacial score (nSPS) is 45.4. The van der Waals surface area contributed by atoms with Gasteiger partial charge < -0.3 is 20.1 Å². The first-order valence-corrected chi connectivity index (χ1v) is 8.91. The Balaban J connectivity index is 2.25. The van der Waals surface area contributed by atoms with Crippen molar-refractivity contribution in [2.75, 3.05) is 6.61 Å². The number of carbonyl (C=O) groups is 2. The lowest BCUT2D eigenvalue weighted by Gasteiger charge is -2.55. The van der Waals surface area contributed by atoms with Crippen LogP contribution in [0.1, 0.15) is 40.0 Å². The minimum absolute atomic E-state index is 0.0274. The van der Waals surface area contributed by atoms with E-state index in [0.29, 0.717) is 6.42 Å². The highest BCUT2D eigenvalue weighted by molar-refractivity contribution is 6.21. The van der Waals surface area contributed by atoms with Crippen molar-refractivity contribution in [3.05, 3.63) is 0 Å². The number of carbonyl (C=O) groups excluding carboxylic acids is 2. The van der Waals surface area contributed by atoms with Gasteiger partial charge in [0, 0.05) is 19.3 Å². The van der Waals surface area contributed by atoms with Crippen molar-refractivity contribution >= 4 is 23.4 Å². The molecule has 0 bridgehead atoms. The molecule has 2 aliphatic carbocycles. The number of hydrogen-bond donors (Lipinski definition) is 3. The van der Waals surface area contributed by atoms with Gasteiger partial charge in [-0.25, -0.2) is 0 Å². The molecule has 7 heteroatoms. The molecule has 0 aromatic carbocycles. The second-order valence-corrected chi connectivity index (χ2v) is 7.94. The molecule has 0 aromatic rings. The van der Waals surface area contributed by atoms with Crippen LogP contribution >= 0.6 is 11.6 Å². The van der Waals surface area contributed by atoms with E-state index in [-0.39, 0.29) is 30.6 Å². The molecule has 138 valence electrons. The summed E-state index contributed by atoms with van der Waals surface area (Å²) >= 11 is 6.35. The van der Waals surface area contributed by atoms with Crippen LogP contribution in [0.3, 0.4) is 0 Å². The fraction of sp³-hybridized carbons (Fsp3) is 0.882. The van der Waals surface area contributed by atoms with Crippen LogP contribution in [0.4, 0.5) is 0 Å². The molecule has 0 saturated heterocycles. The van der Waals surface area contributed by atoms with Gasteiger partial charge in [0.05, 0.1) is 35.7 Å². The van der Waals surface area contributed by atoms with Gasteiger partial charge in [-0.1, -0.05) is 6.92 Å². The van der Waals surface area contributed by atoms with Crippen molar-refractivity contribution in [1.82, 2.24) is 0 Å². The largest absolute Gasteiger partial charge is 0.465 e. The van der Waals surface area contributed by atoms with Crippen LogP contribution in [0.5, 0.6) is 0 Å². The van der Waals surface area contributed by atoms with Crippen LogP contribution in [0.15, 0.2) is 0 Å². The number of ketones is 1. The summed E-state index contributed by atoms with van der Waals surface area (Å²) in [6.45, 7) is 4.54. The summed E-state index contributed by atoms with van der Waals surface area (Å²) in [7, 11) is 0. The quantitative estimate of drug-likeness (QED) is 0.506. The van der Waals surface area contributed by atoms with Crippen LogP contribution in [0, 0.1) is 23.7 Å². The van der Waals surface area contributed by atoms with Crippen LogP contribution in [0.2, 0.25) is 0 Å². The summed E-state index contributed by atoms with van der Waals surface area (Å²) in [6.07, 6.45) is -0.691. The van der Waals surface area contributed by atoms with E-state index in [1.54, 1.807) is 0 Å². The first-order chi connectivity index (χ1) is 11.1. The monoisotopic (exact) mass is 362 g/mol. The van der Waals surface area contributed by atoms with Crippen molar-refractivity contribution < 1.29 is 29.6 Å². The summed E-state index contributed by atoms with van der Waals surface area (Å²) in [5.74, 6) is -2.32. The maximum Gasteiger partial charge on any atom is 0.302 e. The lowest BCUT2D eigenvalue weighted by atomic mass is 9.55. The zero-order valence-electron chi connectivity index (χ0n) is 14.3. The molecule has 2 rings (SSSR count). The Kier molecular flexibility index (Phi) is 5.95. The van der Waals surface area contributed by atoms with E-state index in [0.717, 1.165) is 6.42 Å². The van der Waals surface area contributed by atoms with Crippen molar-refractivity contribution in [3.63, 3.8) is 0 Å². The molecule has 0 spiro atoms.